The van der Waals surface area contributed by atoms with Gasteiger partial charge in [0.2, 0.25) is 0 Å². The van der Waals surface area contributed by atoms with E-state index in [4.69, 9.17) is 14.2 Å². The molecule has 2 heterocycles. The summed E-state index contributed by atoms with van der Waals surface area (Å²) in [5.41, 5.74) is -0.800. The highest BCUT2D eigenvalue weighted by molar-refractivity contribution is 14.1. The summed E-state index contributed by atoms with van der Waals surface area (Å²) in [4.78, 5) is 35.9. The summed E-state index contributed by atoms with van der Waals surface area (Å²) in [6.45, 7) is 9.03. The third-order valence-electron chi connectivity index (χ3n) is 7.55. The number of hydrogen-bond donors (Lipinski definition) is 0. The average molecular weight is 767 g/mol. The Balaban J connectivity index is 0.000000397. The molecule has 0 amide bonds. The molecule has 0 aromatic heterocycles. The Labute approximate surface area is 249 Å². The zero-order valence-corrected chi connectivity index (χ0v) is 29.5. The van der Waals surface area contributed by atoms with Crippen molar-refractivity contribution in [1.29, 1.82) is 0 Å². The summed E-state index contributed by atoms with van der Waals surface area (Å²) in [6.07, 6.45) is 6.42. The number of halogens is 2. The predicted octanol–water partition coefficient (Wildman–Crippen LogP) is 6.35. The highest BCUT2D eigenvalue weighted by atomic mass is 127. The summed E-state index contributed by atoms with van der Waals surface area (Å²) in [5, 5.41) is 0. The highest BCUT2D eigenvalue weighted by Gasteiger charge is 2.45. The Bertz CT molecular complexity index is 660. The normalized spacial score (nSPS) is 18.8. The first kappa shape index (κ1) is 34.3. The van der Waals surface area contributed by atoms with Gasteiger partial charge in [0.05, 0.1) is 31.2 Å². The zero-order chi connectivity index (χ0) is 27.0. The van der Waals surface area contributed by atoms with Crippen molar-refractivity contribution in [1.82, 2.24) is 0 Å². The minimum absolute atomic E-state index is 0.0247. The zero-order valence-electron chi connectivity index (χ0n) is 22.8. The predicted molar refractivity (Wildman–Crippen MR) is 169 cm³/mol. The van der Waals surface area contributed by atoms with Gasteiger partial charge in [-0.2, -0.15) is 0 Å². The molecular weight excluding hydrogens is 718 g/mol. The second kappa shape index (κ2) is 19.4. The standard InChI is InChI=1S/C16H29IO4Si.C10H19IO2Si/c1-4-13(16(3,12-17)15(19)20-5-2)14(18)21-8-6-9-22-10-7-11-22;1-2-9(11)10(12)13-5-3-6-14-7-4-8-14/h13,22H,4-12H2,1-3H3;9,14H,2-8H2,1H3. The molecule has 10 heteroatoms. The first-order chi connectivity index (χ1) is 17.2. The summed E-state index contributed by atoms with van der Waals surface area (Å²) in [6, 6.07) is 8.63. The van der Waals surface area contributed by atoms with Crippen molar-refractivity contribution in [3.63, 3.8) is 0 Å². The van der Waals surface area contributed by atoms with Crippen LogP contribution in [0.15, 0.2) is 0 Å². The van der Waals surface area contributed by atoms with E-state index in [0.717, 1.165) is 19.3 Å². The molecule has 2 saturated heterocycles. The van der Waals surface area contributed by atoms with Gasteiger partial charge in [-0.15, -0.1) is 0 Å². The van der Waals surface area contributed by atoms with Gasteiger partial charge >= 0.3 is 17.9 Å². The second-order valence-electron chi connectivity index (χ2n) is 10.3. The van der Waals surface area contributed by atoms with Crippen molar-refractivity contribution in [3.05, 3.63) is 0 Å². The lowest BCUT2D eigenvalue weighted by Gasteiger charge is -2.31. The average Bonchev–Trinajstić information content (AvgIpc) is 2.81. The van der Waals surface area contributed by atoms with E-state index in [-0.39, 0.29) is 30.6 Å². The summed E-state index contributed by atoms with van der Waals surface area (Å²) < 4.78 is 16.4. The maximum Gasteiger partial charge on any atom is 0.318 e. The number of carbonyl (C=O) groups is 3. The molecule has 0 saturated carbocycles. The smallest absolute Gasteiger partial charge is 0.318 e. The topological polar surface area (TPSA) is 78.9 Å². The number of hydrogen-bond acceptors (Lipinski definition) is 6. The molecule has 2 rings (SSSR count). The van der Waals surface area contributed by atoms with E-state index in [0.29, 0.717) is 30.7 Å². The molecule has 0 spiro atoms. The Morgan fingerprint density at radius 1 is 0.833 bits per heavy atom. The molecule has 0 aliphatic carbocycles. The minimum atomic E-state index is -0.800. The van der Waals surface area contributed by atoms with Crippen LogP contribution >= 0.6 is 45.2 Å². The molecular formula is C26H48I2O6Si2. The van der Waals surface area contributed by atoms with E-state index in [1.807, 2.05) is 20.8 Å². The summed E-state index contributed by atoms with van der Waals surface area (Å²) >= 11 is 4.31. The van der Waals surface area contributed by atoms with Crippen LogP contribution in [0.2, 0.25) is 36.3 Å². The molecule has 2 aliphatic heterocycles. The van der Waals surface area contributed by atoms with Gasteiger partial charge < -0.3 is 14.2 Å². The third-order valence-corrected chi connectivity index (χ3v) is 17.9. The van der Waals surface area contributed by atoms with E-state index in [1.54, 1.807) is 6.92 Å². The SMILES string of the molecule is CCC(I)C(=O)OCCC[SiH]1CCC1.CCOC(=O)C(C)(CI)C(CC)C(=O)OCCC[SiH]1CCC1. The number of ether oxygens (including phenoxy) is 3. The van der Waals surface area contributed by atoms with E-state index in [9.17, 15) is 14.4 Å². The van der Waals surface area contributed by atoms with Crippen LogP contribution < -0.4 is 0 Å². The van der Waals surface area contributed by atoms with Crippen LogP contribution in [0.25, 0.3) is 0 Å². The fourth-order valence-electron chi connectivity index (χ4n) is 4.47. The molecule has 3 atom stereocenters. The molecule has 0 aromatic rings. The Hall–Kier alpha value is 0.304. The first-order valence-electron chi connectivity index (χ1n) is 13.9. The fraction of sp³-hybridized carbons (Fsp3) is 0.885. The van der Waals surface area contributed by atoms with Crippen molar-refractivity contribution in [3.8, 4) is 0 Å². The van der Waals surface area contributed by atoms with Gasteiger partial charge in [0.15, 0.2) is 0 Å². The summed E-state index contributed by atoms with van der Waals surface area (Å²) in [5.74, 6) is -0.993. The largest absolute Gasteiger partial charge is 0.466 e. The van der Waals surface area contributed by atoms with Crippen LogP contribution in [-0.4, -0.2) is 63.7 Å². The van der Waals surface area contributed by atoms with Crippen LogP contribution in [0.5, 0.6) is 0 Å². The van der Waals surface area contributed by atoms with Crippen LogP contribution in [0.1, 0.15) is 66.2 Å². The molecule has 2 aliphatic rings. The van der Waals surface area contributed by atoms with Crippen LogP contribution in [-0.2, 0) is 28.6 Å². The number of rotatable bonds is 16. The third kappa shape index (κ3) is 12.0. The molecule has 0 aromatic carbocycles. The van der Waals surface area contributed by atoms with Gasteiger partial charge in [-0.1, -0.05) is 108 Å². The number of alkyl halides is 2. The highest BCUT2D eigenvalue weighted by Crippen LogP contribution is 2.35. The van der Waals surface area contributed by atoms with Crippen molar-refractivity contribution in [2.24, 2.45) is 11.3 Å². The molecule has 2 fully saturated rings. The number of carbonyl (C=O) groups excluding carboxylic acids is 3. The van der Waals surface area contributed by atoms with Crippen LogP contribution in [0, 0.1) is 11.3 Å². The van der Waals surface area contributed by atoms with E-state index >= 15 is 0 Å². The van der Waals surface area contributed by atoms with Gasteiger partial charge in [-0.25, -0.2) is 0 Å². The van der Waals surface area contributed by atoms with Gasteiger partial charge in [0, 0.05) is 22.0 Å². The maximum absolute atomic E-state index is 12.4. The van der Waals surface area contributed by atoms with Gasteiger partial charge in [0.25, 0.3) is 0 Å². The molecule has 0 N–H and O–H groups in total. The van der Waals surface area contributed by atoms with Crippen molar-refractivity contribution < 1.29 is 28.6 Å². The monoisotopic (exact) mass is 766 g/mol. The molecule has 210 valence electrons. The minimum Gasteiger partial charge on any atom is -0.466 e. The Morgan fingerprint density at radius 3 is 1.69 bits per heavy atom. The molecule has 6 nitrogen and oxygen atoms in total. The van der Waals surface area contributed by atoms with E-state index in [2.05, 4.69) is 45.2 Å². The lowest BCUT2D eigenvalue weighted by molar-refractivity contribution is -0.166. The maximum atomic E-state index is 12.4. The Morgan fingerprint density at radius 2 is 1.33 bits per heavy atom. The van der Waals surface area contributed by atoms with Crippen LogP contribution in [0.3, 0.4) is 0 Å². The van der Waals surface area contributed by atoms with E-state index in [1.165, 1.54) is 49.1 Å². The first-order valence-corrected chi connectivity index (χ1v) is 21.6. The second-order valence-corrected chi connectivity index (χ2v) is 19.5. The quantitative estimate of drug-likeness (QED) is 0.0456. The van der Waals surface area contributed by atoms with Crippen molar-refractivity contribution in [2.75, 3.05) is 24.2 Å². The van der Waals surface area contributed by atoms with E-state index < -0.39 is 20.1 Å². The van der Waals surface area contributed by atoms with Crippen molar-refractivity contribution >= 4 is 80.7 Å². The van der Waals surface area contributed by atoms with Crippen LogP contribution in [0.4, 0.5) is 0 Å². The lowest BCUT2D eigenvalue weighted by Crippen LogP contribution is -2.43. The van der Waals surface area contributed by atoms with Gasteiger partial charge in [-0.3, -0.25) is 14.4 Å². The van der Waals surface area contributed by atoms with Gasteiger partial charge in [0.1, 0.15) is 3.92 Å². The lowest BCUT2D eigenvalue weighted by atomic mass is 9.77. The fourth-order valence-corrected chi connectivity index (χ4v) is 10.1. The summed E-state index contributed by atoms with van der Waals surface area (Å²) in [7, 11) is -0.716. The number of esters is 3. The molecule has 36 heavy (non-hydrogen) atoms. The molecule has 3 unspecified atom stereocenters. The Kier molecular flexibility index (Phi) is 18.5. The van der Waals surface area contributed by atoms with Crippen molar-refractivity contribution in [2.45, 2.75) is 106 Å². The molecule has 0 radical (unpaired) electrons. The molecule has 0 bridgehead atoms. The van der Waals surface area contributed by atoms with Gasteiger partial charge in [-0.05, 0) is 39.5 Å².